The lowest BCUT2D eigenvalue weighted by Crippen LogP contribution is -2.37. The van der Waals surface area contributed by atoms with Crippen LogP contribution in [-0.4, -0.2) is 24.7 Å². The van der Waals surface area contributed by atoms with E-state index in [1.165, 1.54) is 5.56 Å². The molecule has 2 N–H and O–H groups in total. The largest absolute Gasteiger partial charge is 0.497 e. The standard InChI is InChI=1S/C20H24N2O3S/c1-20(2,3)14-5-9-17(10-6-14)25-13-18(23)22-19(26)21-15-7-11-16(24-4)12-8-15/h5-12H,13H2,1-4H3,(H2,21,22,23,26). The molecule has 138 valence electrons. The summed E-state index contributed by atoms with van der Waals surface area (Å²) in [6.45, 7) is 6.33. The summed E-state index contributed by atoms with van der Waals surface area (Å²) in [5, 5.41) is 5.74. The highest BCUT2D eigenvalue weighted by molar-refractivity contribution is 7.80. The second-order valence-corrected chi connectivity index (χ2v) is 7.20. The van der Waals surface area contributed by atoms with E-state index in [0.29, 0.717) is 5.75 Å². The van der Waals surface area contributed by atoms with E-state index in [4.69, 9.17) is 21.7 Å². The molecule has 0 radical (unpaired) electrons. The quantitative estimate of drug-likeness (QED) is 0.780. The SMILES string of the molecule is COc1ccc(NC(=S)NC(=O)COc2ccc(C(C)(C)C)cc2)cc1. The van der Waals surface area contributed by atoms with Crippen LogP contribution in [0.4, 0.5) is 5.69 Å². The second-order valence-electron chi connectivity index (χ2n) is 6.79. The zero-order chi connectivity index (χ0) is 19.2. The number of thiocarbonyl (C=S) groups is 1. The van der Waals surface area contributed by atoms with E-state index in [1.54, 1.807) is 19.2 Å². The van der Waals surface area contributed by atoms with Crippen LogP contribution < -0.4 is 20.1 Å². The van der Waals surface area contributed by atoms with Crippen molar-refractivity contribution >= 4 is 28.9 Å². The number of methoxy groups -OCH3 is 1. The lowest BCUT2D eigenvalue weighted by Gasteiger charge is -2.19. The summed E-state index contributed by atoms with van der Waals surface area (Å²) in [6, 6.07) is 15.0. The molecular weight excluding hydrogens is 348 g/mol. The lowest BCUT2D eigenvalue weighted by atomic mass is 9.87. The first-order valence-electron chi connectivity index (χ1n) is 8.26. The van der Waals surface area contributed by atoms with Crippen molar-refractivity contribution < 1.29 is 14.3 Å². The topological polar surface area (TPSA) is 59.6 Å². The van der Waals surface area contributed by atoms with E-state index >= 15 is 0 Å². The molecule has 6 heteroatoms. The summed E-state index contributed by atoms with van der Waals surface area (Å²) in [5.41, 5.74) is 2.05. The summed E-state index contributed by atoms with van der Waals surface area (Å²) < 4.78 is 10.6. The van der Waals surface area contributed by atoms with Gasteiger partial charge in [0.2, 0.25) is 0 Å². The number of benzene rings is 2. The summed E-state index contributed by atoms with van der Waals surface area (Å²) in [6.07, 6.45) is 0. The molecule has 2 aromatic carbocycles. The van der Waals surface area contributed by atoms with Crippen molar-refractivity contribution in [2.24, 2.45) is 0 Å². The van der Waals surface area contributed by atoms with Crippen molar-refractivity contribution in [1.82, 2.24) is 5.32 Å². The third-order valence-corrected chi connectivity index (χ3v) is 3.90. The second kappa shape index (κ2) is 8.67. The first-order valence-corrected chi connectivity index (χ1v) is 8.67. The van der Waals surface area contributed by atoms with Gasteiger partial charge in [-0.05, 0) is 59.6 Å². The lowest BCUT2D eigenvalue weighted by molar-refractivity contribution is -0.121. The van der Waals surface area contributed by atoms with E-state index in [9.17, 15) is 4.79 Å². The van der Waals surface area contributed by atoms with E-state index < -0.39 is 0 Å². The molecule has 0 aliphatic heterocycles. The van der Waals surface area contributed by atoms with Gasteiger partial charge in [0.1, 0.15) is 11.5 Å². The van der Waals surface area contributed by atoms with E-state index in [-0.39, 0.29) is 23.0 Å². The van der Waals surface area contributed by atoms with Crippen LogP contribution in [0, 0.1) is 0 Å². The van der Waals surface area contributed by atoms with Crippen LogP contribution in [-0.2, 0) is 10.2 Å². The molecular formula is C20H24N2O3S. The van der Waals surface area contributed by atoms with Crippen molar-refractivity contribution in [3.8, 4) is 11.5 Å². The number of nitrogens with one attached hydrogen (secondary N) is 2. The summed E-state index contributed by atoms with van der Waals surface area (Å²) in [4.78, 5) is 12.0. The van der Waals surface area contributed by atoms with Crippen LogP contribution >= 0.6 is 12.2 Å². The maximum Gasteiger partial charge on any atom is 0.264 e. The average molecular weight is 372 g/mol. The maximum absolute atomic E-state index is 12.0. The molecule has 1 amide bonds. The number of ether oxygens (including phenoxy) is 2. The third kappa shape index (κ3) is 6.04. The van der Waals surface area contributed by atoms with E-state index in [1.807, 2.05) is 36.4 Å². The summed E-state index contributed by atoms with van der Waals surface area (Å²) in [5.74, 6) is 1.06. The van der Waals surface area contributed by atoms with Crippen molar-refractivity contribution in [1.29, 1.82) is 0 Å². The number of carbonyl (C=O) groups is 1. The number of hydrogen-bond donors (Lipinski definition) is 2. The number of anilines is 1. The molecule has 0 aliphatic rings. The third-order valence-electron chi connectivity index (χ3n) is 3.69. The molecule has 26 heavy (non-hydrogen) atoms. The zero-order valence-corrected chi connectivity index (χ0v) is 16.3. The van der Waals surface area contributed by atoms with Crippen LogP contribution in [0.5, 0.6) is 11.5 Å². The Balaban J connectivity index is 1.79. The van der Waals surface area contributed by atoms with Crippen molar-refractivity contribution in [2.45, 2.75) is 26.2 Å². The van der Waals surface area contributed by atoms with Gasteiger partial charge in [0.25, 0.3) is 5.91 Å². The van der Waals surface area contributed by atoms with Gasteiger partial charge in [0.15, 0.2) is 11.7 Å². The Hall–Kier alpha value is -2.60. The Labute approximate surface area is 159 Å². The minimum Gasteiger partial charge on any atom is -0.497 e. The van der Waals surface area contributed by atoms with Crippen molar-refractivity contribution in [3.05, 3.63) is 54.1 Å². The molecule has 0 heterocycles. The molecule has 0 atom stereocenters. The van der Waals surface area contributed by atoms with Crippen LogP contribution in [0.3, 0.4) is 0 Å². The molecule has 0 bridgehead atoms. The Morgan fingerprint density at radius 1 is 1.00 bits per heavy atom. The van der Waals surface area contributed by atoms with Gasteiger partial charge >= 0.3 is 0 Å². The minimum atomic E-state index is -0.323. The molecule has 0 aliphatic carbocycles. The maximum atomic E-state index is 12.0. The van der Waals surface area contributed by atoms with Gasteiger partial charge in [-0.25, -0.2) is 0 Å². The highest BCUT2D eigenvalue weighted by Crippen LogP contribution is 2.24. The highest BCUT2D eigenvalue weighted by Gasteiger charge is 2.13. The fourth-order valence-electron chi connectivity index (χ4n) is 2.20. The fourth-order valence-corrected chi connectivity index (χ4v) is 2.43. The van der Waals surface area contributed by atoms with Gasteiger partial charge in [-0.2, -0.15) is 0 Å². The van der Waals surface area contributed by atoms with Gasteiger partial charge in [0.05, 0.1) is 7.11 Å². The summed E-state index contributed by atoms with van der Waals surface area (Å²) in [7, 11) is 1.60. The van der Waals surface area contributed by atoms with E-state index in [2.05, 4.69) is 31.4 Å². The van der Waals surface area contributed by atoms with Crippen molar-refractivity contribution in [2.75, 3.05) is 19.0 Å². The predicted molar refractivity (Wildman–Crippen MR) is 108 cm³/mol. The fraction of sp³-hybridized carbons (Fsp3) is 0.300. The number of amides is 1. The Morgan fingerprint density at radius 3 is 2.12 bits per heavy atom. The van der Waals surface area contributed by atoms with Gasteiger partial charge in [0, 0.05) is 5.69 Å². The Bertz CT molecular complexity index is 750. The number of hydrogen-bond acceptors (Lipinski definition) is 4. The van der Waals surface area contributed by atoms with Crippen molar-refractivity contribution in [3.63, 3.8) is 0 Å². The highest BCUT2D eigenvalue weighted by atomic mass is 32.1. The minimum absolute atomic E-state index is 0.0786. The molecule has 2 aromatic rings. The van der Waals surface area contributed by atoms with Crippen LogP contribution in [0.25, 0.3) is 0 Å². The molecule has 0 saturated carbocycles. The molecule has 5 nitrogen and oxygen atoms in total. The Morgan fingerprint density at radius 2 is 1.58 bits per heavy atom. The number of carbonyl (C=O) groups excluding carboxylic acids is 1. The van der Waals surface area contributed by atoms with E-state index in [0.717, 1.165) is 11.4 Å². The first kappa shape index (κ1) is 19.7. The zero-order valence-electron chi connectivity index (χ0n) is 15.5. The van der Waals surface area contributed by atoms with Gasteiger partial charge in [-0.15, -0.1) is 0 Å². The molecule has 0 unspecified atom stereocenters. The van der Waals surface area contributed by atoms with Crippen LogP contribution in [0.1, 0.15) is 26.3 Å². The van der Waals surface area contributed by atoms with Crippen LogP contribution in [0.2, 0.25) is 0 Å². The first-order chi connectivity index (χ1) is 12.3. The Kier molecular flexibility index (Phi) is 6.58. The smallest absolute Gasteiger partial charge is 0.264 e. The number of rotatable bonds is 5. The van der Waals surface area contributed by atoms with Gasteiger partial charge < -0.3 is 14.8 Å². The molecule has 0 spiro atoms. The molecule has 0 aromatic heterocycles. The van der Waals surface area contributed by atoms with Gasteiger partial charge in [-0.3, -0.25) is 10.1 Å². The molecule has 0 fully saturated rings. The average Bonchev–Trinajstić information content (AvgIpc) is 2.60. The monoisotopic (exact) mass is 372 g/mol. The molecule has 2 rings (SSSR count). The normalized spacial score (nSPS) is 10.8. The van der Waals surface area contributed by atoms with Crippen LogP contribution in [0.15, 0.2) is 48.5 Å². The summed E-state index contributed by atoms with van der Waals surface area (Å²) >= 11 is 5.13. The van der Waals surface area contributed by atoms with Gasteiger partial charge in [-0.1, -0.05) is 32.9 Å². The molecule has 0 saturated heterocycles. The predicted octanol–water partition coefficient (Wildman–Crippen LogP) is 3.88.